The molecule has 0 N–H and O–H groups in total. The highest BCUT2D eigenvalue weighted by molar-refractivity contribution is 6.27. The molecule has 0 saturated heterocycles. The normalized spacial score (nSPS) is 14.0. The third kappa shape index (κ3) is 2.09. The zero-order valence-electron chi connectivity index (χ0n) is 19.8. The smallest absolute Gasteiger partial charge is 0.0992 e. The van der Waals surface area contributed by atoms with E-state index in [0.717, 1.165) is 21.8 Å². The summed E-state index contributed by atoms with van der Waals surface area (Å²) in [6, 6.07) is 32.2. The van der Waals surface area contributed by atoms with E-state index in [2.05, 4.69) is 85.0 Å². The van der Waals surface area contributed by atoms with E-state index in [-0.39, 0.29) is 5.41 Å². The van der Waals surface area contributed by atoms with Gasteiger partial charge < -0.3 is 4.40 Å². The molecule has 0 atom stereocenters. The van der Waals surface area contributed by atoms with Crippen molar-refractivity contribution in [1.82, 2.24) is 4.40 Å². The number of nitriles is 2. The van der Waals surface area contributed by atoms with Gasteiger partial charge in [-0.2, -0.15) is 10.5 Å². The van der Waals surface area contributed by atoms with Crippen molar-refractivity contribution >= 4 is 48.9 Å². The van der Waals surface area contributed by atoms with Crippen molar-refractivity contribution in [3.63, 3.8) is 0 Å². The zero-order valence-corrected chi connectivity index (χ0v) is 19.8. The summed E-state index contributed by atoms with van der Waals surface area (Å²) in [7, 11) is 0. The van der Waals surface area contributed by atoms with E-state index < -0.39 is 0 Å². The van der Waals surface area contributed by atoms with Gasteiger partial charge in [-0.3, -0.25) is 0 Å². The first-order chi connectivity index (χ1) is 17.5. The Bertz CT molecular complexity index is 2190. The van der Waals surface area contributed by atoms with Gasteiger partial charge in [0.05, 0.1) is 39.8 Å². The van der Waals surface area contributed by atoms with Crippen molar-refractivity contribution in [1.29, 1.82) is 10.5 Å². The molecule has 0 fully saturated rings. The maximum absolute atomic E-state index is 9.69. The number of benzene rings is 5. The number of rotatable bonds is 0. The Labute approximate surface area is 207 Å². The van der Waals surface area contributed by atoms with E-state index in [1.165, 1.54) is 49.3 Å². The molecule has 0 aliphatic heterocycles. The van der Waals surface area contributed by atoms with Gasteiger partial charge in [-0.25, -0.2) is 0 Å². The van der Waals surface area contributed by atoms with Crippen LogP contribution in [-0.4, -0.2) is 4.40 Å². The van der Waals surface area contributed by atoms with Crippen LogP contribution >= 0.6 is 0 Å². The Balaban J connectivity index is 1.72. The molecule has 36 heavy (non-hydrogen) atoms. The van der Waals surface area contributed by atoms with Crippen molar-refractivity contribution in [2.75, 3.05) is 0 Å². The van der Waals surface area contributed by atoms with Crippen molar-refractivity contribution in [3.8, 4) is 23.3 Å². The Hall–Kier alpha value is -4.86. The maximum atomic E-state index is 9.69. The number of fused-ring (bicyclic) bond motifs is 9. The Morgan fingerprint density at radius 2 is 1.33 bits per heavy atom. The van der Waals surface area contributed by atoms with Gasteiger partial charge in [-0.05, 0) is 63.4 Å². The van der Waals surface area contributed by atoms with Gasteiger partial charge >= 0.3 is 0 Å². The average Bonchev–Trinajstić information content (AvgIpc) is 3.41. The van der Waals surface area contributed by atoms with Crippen molar-refractivity contribution in [3.05, 3.63) is 101 Å². The molecule has 1 aliphatic rings. The molecular formula is C33H19N3. The van der Waals surface area contributed by atoms with E-state index in [4.69, 9.17) is 0 Å². The molecule has 0 spiro atoms. The van der Waals surface area contributed by atoms with Gasteiger partial charge in [0.25, 0.3) is 0 Å². The Morgan fingerprint density at radius 1 is 0.667 bits per heavy atom. The number of hydrogen-bond acceptors (Lipinski definition) is 2. The topological polar surface area (TPSA) is 52.0 Å². The van der Waals surface area contributed by atoms with Gasteiger partial charge in [-0.1, -0.05) is 62.4 Å². The highest BCUT2D eigenvalue weighted by Gasteiger charge is 2.37. The number of hydrogen-bond donors (Lipinski definition) is 0. The first kappa shape index (κ1) is 19.4. The second-order valence-corrected chi connectivity index (χ2v) is 10.4. The molecule has 5 aromatic carbocycles. The van der Waals surface area contributed by atoms with Crippen LogP contribution in [-0.2, 0) is 5.41 Å². The van der Waals surface area contributed by atoms with Crippen LogP contribution in [0.4, 0.5) is 0 Å². The summed E-state index contributed by atoms with van der Waals surface area (Å²) in [4.78, 5) is 0. The fraction of sp³-hybridized carbons (Fsp3) is 0.0909. The van der Waals surface area contributed by atoms with Crippen LogP contribution in [0.3, 0.4) is 0 Å². The second-order valence-electron chi connectivity index (χ2n) is 10.4. The van der Waals surface area contributed by atoms with E-state index >= 15 is 0 Å². The van der Waals surface area contributed by atoms with Gasteiger partial charge in [0.15, 0.2) is 0 Å². The lowest BCUT2D eigenvalue weighted by Gasteiger charge is -2.36. The summed E-state index contributed by atoms with van der Waals surface area (Å²) >= 11 is 0. The molecule has 8 rings (SSSR count). The van der Waals surface area contributed by atoms with Crippen LogP contribution in [0.15, 0.2) is 78.9 Å². The minimum atomic E-state index is -0.221. The third-order valence-corrected chi connectivity index (χ3v) is 8.31. The zero-order chi connectivity index (χ0) is 24.3. The quantitative estimate of drug-likeness (QED) is 0.231. The highest BCUT2D eigenvalue weighted by Crippen LogP contribution is 2.54. The fourth-order valence-corrected chi connectivity index (χ4v) is 6.84. The van der Waals surface area contributed by atoms with E-state index in [1.807, 2.05) is 24.3 Å². The first-order valence-corrected chi connectivity index (χ1v) is 12.2. The molecule has 0 unspecified atom stereocenters. The molecule has 0 saturated carbocycles. The molecule has 7 aromatic rings. The second kappa shape index (κ2) is 6.22. The summed E-state index contributed by atoms with van der Waals surface area (Å²) in [5, 5.41) is 26.6. The maximum Gasteiger partial charge on any atom is 0.0992 e. The van der Waals surface area contributed by atoms with Crippen LogP contribution in [0.25, 0.3) is 60.0 Å². The van der Waals surface area contributed by atoms with Crippen LogP contribution in [0, 0.1) is 22.7 Å². The molecule has 1 aliphatic carbocycles. The van der Waals surface area contributed by atoms with Crippen molar-refractivity contribution < 1.29 is 0 Å². The SMILES string of the molecule is CC1(C)c2cccc3cccc(c23)-c2cc3c4ccc(C#N)cc4n4c5cc(C#N)ccc5c(c21)c34. The van der Waals surface area contributed by atoms with Crippen LogP contribution in [0.1, 0.15) is 36.1 Å². The summed E-state index contributed by atoms with van der Waals surface area (Å²) in [5.41, 5.74) is 9.45. The summed E-state index contributed by atoms with van der Waals surface area (Å²) < 4.78 is 2.27. The molecule has 2 aromatic heterocycles. The van der Waals surface area contributed by atoms with E-state index in [9.17, 15) is 10.5 Å². The molecule has 166 valence electrons. The Kier molecular flexibility index (Phi) is 3.36. The molecule has 3 heteroatoms. The third-order valence-electron chi connectivity index (χ3n) is 8.31. The summed E-state index contributed by atoms with van der Waals surface area (Å²) in [5.74, 6) is 0. The monoisotopic (exact) mass is 457 g/mol. The van der Waals surface area contributed by atoms with Crippen LogP contribution in [0.5, 0.6) is 0 Å². The van der Waals surface area contributed by atoms with Crippen LogP contribution < -0.4 is 0 Å². The lowest BCUT2D eigenvalue weighted by molar-refractivity contribution is 0.652. The highest BCUT2D eigenvalue weighted by atomic mass is 14.9. The molecule has 0 radical (unpaired) electrons. The van der Waals surface area contributed by atoms with Gasteiger partial charge in [0, 0.05) is 27.0 Å². The Morgan fingerprint density at radius 3 is 2.06 bits per heavy atom. The summed E-state index contributed by atoms with van der Waals surface area (Å²) in [6.45, 7) is 4.67. The van der Waals surface area contributed by atoms with Gasteiger partial charge in [0.1, 0.15) is 0 Å². The fourth-order valence-electron chi connectivity index (χ4n) is 6.84. The average molecular weight is 458 g/mol. The van der Waals surface area contributed by atoms with E-state index in [0.29, 0.717) is 11.1 Å². The van der Waals surface area contributed by atoms with Gasteiger partial charge in [0.2, 0.25) is 0 Å². The minimum absolute atomic E-state index is 0.221. The van der Waals surface area contributed by atoms with Crippen molar-refractivity contribution in [2.24, 2.45) is 0 Å². The lowest BCUT2D eigenvalue weighted by Crippen LogP contribution is -2.24. The first-order valence-electron chi connectivity index (χ1n) is 12.2. The minimum Gasteiger partial charge on any atom is -0.308 e. The number of nitrogens with zero attached hydrogens (tertiary/aromatic N) is 3. The summed E-state index contributed by atoms with van der Waals surface area (Å²) in [6.07, 6.45) is 0. The molecule has 0 amide bonds. The standard InChI is InChI=1S/C33H19N3/c1-33(2)26-8-4-6-20-5-3-7-22(29(20)26)24-15-25-21-11-9-18(16-34)13-27(21)36-28-14-19(17-35)10-12-23(28)30(31(24)33)32(25)36/h3-15H,1-2H3. The molecule has 2 heterocycles. The molecule has 3 nitrogen and oxygen atoms in total. The number of aromatic nitrogens is 1. The lowest BCUT2D eigenvalue weighted by atomic mass is 9.67. The van der Waals surface area contributed by atoms with E-state index in [1.54, 1.807) is 0 Å². The predicted molar refractivity (Wildman–Crippen MR) is 146 cm³/mol. The van der Waals surface area contributed by atoms with Crippen LogP contribution in [0.2, 0.25) is 0 Å². The predicted octanol–water partition coefficient (Wildman–Crippen LogP) is 8.04. The van der Waals surface area contributed by atoms with Crippen molar-refractivity contribution in [2.45, 2.75) is 19.3 Å². The molecular weight excluding hydrogens is 438 g/mol. The molecule has 0 bridgehead atoms. The van der Waals surface area contributed by atoms with Gasteiger partial charge in [-0.15, -0.1) is 0 Å². The largest absolute Gasteiger partial charge is 0.308 e.